The molecule has 1 heterocycles. The summed E-state index contributed by atoms with van der Waals surface area (Å²) in [5, 5.41) is 9.71. The molecule has 8 heteroatoms. The van der Waals surface area contributed by atoms with Crippen molar-refractivity contribution in [3.05, 3.63) is 60.4 Å². The highest BCUT2D eigenvalue weighted by atomic mass is 127. The van der Waals surface area contributed by atoms with Gasteiger partial charge < -0.3 is 16.0 Å². The van der Waals surface area contributed by atoms with E-state index in [9.17, 15) is 4.79 Å². The van der Waals surface area contributed by atoms with Crippen molar-refractivity contribution in [2.75, 3.05) is 26.2 Å². The second kappa shape index (κ2) is 14.2. The van der Waals surface area contributed by atoms with E-state index in [2.05, 4.69) is 45.0 Å². The first-order valence-corrected chi connectivity index (χ1v) is 9.99. The molecule has 1 aromatic carbocycles. The average Bonchev–Trinajstić information content (AvgIpc) is 2.70. The van der Waals surface area contributed by atoms with Gasteiger partial charge in [0, 0.05) is 42.2 Å². The first kappa shape index (κ1) is 24.2. The number of rotatable bonds is 9. The van der Waals surface area contributed by atoms with Crippen LogP contribution in [0.3, 0.4) is 0 Å². The molecule has 0 aliphatic rings. The topological polar surface area (TPSA) is 78.4 Å². The number of guanidine groups is 1. The van der Waals surface area contributed by atoms with Crippen molar-refractivity contribution in [2.24, 2.45) is 4.99 Å². The summed E-state index contributed by atoms with van der Waals surface area (Å²) >= 11 is 1.81. The number of amides is 1. The van der Waals surface area contributed by atoms with Crippen molar-refractivity contribution in [1.82, 2.24) is 20.9 Å². The molecule has 2 aromatic rings. The van der Waals surface area contributed by atoms with Gasteiger partial charge in [-0.3, -0.25) is 14.8 Å². The van der Waals surface area contributed by atoms with E-state index >= 15 is 0 Å². The maximum absolute atomic E-state index is 12.0. The smallest absolute Gasteiger partial charge is 0.252 e. The fourth-order valence-corrected chi connectivity index (χ4v) is 3.21. The molecule has 2 rings (SSSR count). The molecule has 0 fully saturated rings. The maximum atomic E-state index is 12.0. The van der Waals surface area contributed by atoms with Crippen LogP contribution < -0.4 is 16.0 Å². The molecule has 0 aliphatic carbocycles. The number of carbonyl (C=O) groups excluding carboxylic acids is 1. The zero-order chi connectivity index (χ0) is 19.3. The molecule has 0 spiro atoms. The Hall–Kier alpha value is -1.81. The Morgan fingerprint density at radius 2 is 1.86 bits per heavy atom. The molecule has 0 radical (unpaired) electrons. The molecule has 0 saturated heterocycles. The molecule has 1 amide bonds. The number of pyridine rings is 1. The quantitative estimate of drug-likeness (QED) is 0.158. The summed E-state index contributed by atoms with van der Waals surface area (Å²) in [7, 11) is 0. The molecule has 1 unspecified atom stereocenters. The van der Waals surface area contributed by atoms with Crippen molar-refractivity contribution >= 4 is 47.6 Å². The molecule has 1 aromatic heterocycles. The highest BCUT2D eigenvalue weighted by Crippen LogP contribution is 2.22. The molecule has 1 atom stereocenters. The summed E-state index contributed by atoms with van der Waals surface area (Å²) in [5.41, 5.74) is 0.560. The summed E-state index contributed by atoms with van der Waals surface area (Å²) < 4.78 is 0. The minimum Gasteiger partial charge on any atom is -0.357 e. The summed E-state index contributed by atoms with van der Waals surface area (Å²) in [4.78, 5) is 21.8. The fourth-order valence-electron chi connectivity index (χ4n) is 2.29. The van der Waals surface area contributed by atoms with Crippen LogP contribution in [-0.2, 0) is 0 Å². The van der Waals surface area contributed by atoms with E-state index in [1.165, 1.54) is 4.90 Å². The second-order valence-electron chi connectivity index (χ2n) is 5.89. The van der Waals surface area contributed by atoms with Crippen molar-refractivity contribution < 1.29 is 4.79 Å². The third-order valence-corrected chi connectivity index (χ3v) is 4.65. The van der Waals surface area contributed by atoms with Crippen LogP contribution in [0.1, 0.15) is 24.2 Å². The number of nitrogens with zero attached hydrogens (tertiary/aromatic N) is 2. The third kappa shape index (κ3) is 9.41. The predicted molar refractivity (Wildman–Crippen MR) is 128 cm³/mol. The first-order valence-electron chi connectivity index (χ1n) is 9.11. The van der Waals surface area contributed by atoms with Gasteiger partial charge in [-0.2, -0.15) is 0 Å². The lowest BCUT2D eigenvalue weighted by Gasteiger charge is -2.14. The second-order valence-corrected chi connectivity index (χ2v) is 7.40. The van der Waals surface area contributed by atoms with Crippen LogP contribution in [0, 0.1) is 0 Å². The van der Waals surface area contributed by atoms with E-state index in [1.54, 1.807) is 24.5 Å². The summed E-state index contributed by atoms with van der Waals surface area (Å²) in [6.45, 7) is 6.79. The zero-order valence-electron chi connectivity index (χ0n) is 16.2. The van der Waals surface area contributed by atoms with Gasteiger partial charge in [0.25, 0.3) is 5.91 Å². The van der Waals surface area contributed by atoms with Crippen molar-refractivity contribution in [2.45, 2.75) is 24.0 Å². The van der Waals surface area contributed by atoms with Gasteiger partial charge in [-0.25, -0.2) is 0 Å². The minimum absolute atomic E-state index is 0. The van der Waals surface area contributed by atoms with Gasteiger partial charge in [-0.1, -0.05) is 25.1 Å². The van der Waals surface area contributed by atoms with Gasteiger partial charge in [0.2, 0.25) is 0 Å². The molecule has 6 nitrogen and oxygen atoms in total. The van der Waals surface area contributed by atoms with Gasteiger partial charge in [0.1, 0.15) is 0 Å². The van der Waals surface area contributed by atoms with Gasteiger partial charge >= 0.3 is 0 Å². The van der Waals surface area contributed by atoms with Crippen LogP contribution in [0.2, 0.25) is 0 Å². The predicted octanol–water partition coefficient (Wildman–Crippen LogP) is 3.17. The van der Waals surface area contributed by atoms with Crippen molar-refractivity contribution in [3.8, 4) is 0 Å². The number of carbonyl (C=O) groups is 1. The molecule has 0 saturated carbocycles. The van der Waals surface area contributed by atoms with E-state index in [-0.39, 0.29) is 29.9 Å². The summed E-state index contributed by atoms with van der Waals surface area (Å²) in [5.74, 6) is 0.633. The molecule has 152 valence electrons. The zero-order valence-corrected chi connectivity index (χ0v) is 19.4. The van der Waals surface area contributed by atoms with Crippen LogP contribution in [-0.4, -0.2) is 48.3 Å². The van der Waals surface area contributed by atoms with E-state index < -0.39 is 0 Å². The van der Waals surface area contributed by atoms with Gasteiger partial charge in [-0.15, -0.1) is 35.7 Å². The Labute approximate surface area is 188 Å². The monoisotopic (exact) mass is 513 g/mol. The van der Waals surface area contributed by atoms with E-state index in [0.717, 1.165) is 12.5 Å². The van der Waals surface area contributed by atoms with Crippen LogP contribution in [0.5, 0.6) is 0 Å². The maximum Gasteiger partial charge on any atom is 0.252 e. The first-order chi connectivity index (χ1) is 13.2. The fraction of sp³-hybridized carbons (Fsp3) is 0.350. The lowest BCUT2D eigenvalue weighted by molar-refractivity contribution is 0.0954. The van der Waals surface area contributed by atoms with E-state index in [4.69, 9.17) is 0 Å². The Morgan fingerprint density at radius 1 is 1.11 bits per heavy atom. The standard InChI is InChI=1S/C20H27N5OS.HI/c1-3-22-20(25-14-16(2)27-18-9-5-4-6-10-18)24-13-12-23-19(26)17-8-7-11-21-15-17;/h4-11,15-16H,3,12-14H2,1-2H3,(H,23,26)(H2,22,24,25);1H. The summed E-state index contributed by atoms with van der Waals surface area (Å²) in [6, 6.07) is 13.8. The van der Waals surface area contributed by atoms with Crippen molar-refractivity contribution in [1.29, 1.82) is 0 Å². The number of hydrogen-bond donors (Lipinski definition) is 3. The molecular formula is C20H28IN5OS. The van der Waals surface area contributed by atoms with E-state index in [0.29, 0.717) is 30.4 Å². The Bertz CT molecular complexity index is 715. The number of hydrogen-bond acceptors (Lipinski definition) is 4. The van der Waals surface area contributed by atoms with Gasteiger partial charge in [-0.05, 0) is 31.2 Å². The number of thioether (sulfide) groups is 1. The molecule has 3 N–H and O–H groups in total. The van der Waals surface area contributed by atoms with Crippen LogP contribution in [0.25, 0.3) is 0 Å². The van der Waals surface area contributed by atoms with Crippen LogP contribution in [0.15, 0.2) is 64.7 Å². The van der Waals surface area contributed by atoms with Crippen LogP contribution >= 0.6 is 35.7 Å². The molecule has 0 aliphatic heterocycles. The largest absolute Gasteiger partial charge is 0.357 e. The molecule has 28 heavy (non-hydrogen) atoms. The lowest BCUT2D eigenvalue weighted by Crippen LogP contribution is -2.41. The highest BCUT2D eigenvalue weighted by molar-refractivity contribution is 14.0. The van der Waals surface area contributed by atoms with Crippen LogP contribution in [0.4, 0.5) is 0 Å². The SMILES string of the molecule is CCNC(=NCC(C)Sc1ccccc1)NCCNC(=O)c1cccnc1.I. The number of aliphatic imine (C=N–C) groups is 1. The number of benzene rings is 1. The average molecular weight is 513 g/mol. The number of halogens is 1. The summed E-state index contributed by atoms with van der Waals surface area (Å²) in [6.07, 6.45) is 3.20. The van der Waals surface area contributed by atoms with Gasteiger partial charge in [0.15, 0.2) is 5.96 Å². The van der Waals surface area contributed by atoms with E-state index in [1.807, 2.05) is 36.9 Å². The molecular weight excluding hydrogens is 485 g/mol. The Balaban J connectivity index is 0.00000392. The third-order valence-electron chi connectivity index (χ3n) is 3.56. The Morgan fingerprint density at radius 3 is 2.54 bits per heavy atom. The Kier molecular flexibility index (Phi) is 12.3. The highest BCUT2D eigenvalue weighted by Gasteiger charge is 2.06. The molecule has 0 bridgehead atoms. The lowest BCUT2D eigenvalue weighted by atomic mass is 10.3. The minimum atomic E-state index is -0.125. The normalized spacial score (nSPS) is 11.9. The number of aromatic nitrogens is 1. The van der Waals surface area contributed by atoms with Crippen molar-refractivity contribution in [3.63, 3.8) is 0 Å². The number of nitrogens with one attached hydrogen (secondary N) is 3. The van der Waals surface area contributed by atoms with Gasteiger partial charge in [0.05, 0.1) is 12.1 Å².